The van der Waals surface area contributed by atoms with Crippen molar-refractivity contribution in [1.29, 1.82) is 5.26 Å². The van der Waals surface area contributed by atoms with E-state index in [4.69, 9.17) is 9.47 Å². The fraction of sp³-hybridized carbons (Fsp3) is 0.267. The van der Waals surface area contributed by atoms with Gasteiger partial charge in [0.15, 0.2) is 11.5 Å². The molecule has 1 heterocycles. The Morgan fingerprint density at radius 3 is 2.84 bits per heavy atom. The Balaban J connectivity index is 2.25. The Morgan fingerprint density at radius 2 is 2.16 bits per heavy atom. The van der Waals surface area contributed by atoms with Crippen molar-refractivity contribution in [1.82, 2.24) is 0 Å². The largest absolute Gasteiger partial charge is 0.504 e. The fourth-order valence-corrected chi connectivity index (χ4v) is 2.52. The van der Waals surface area contributed by atoms with E-state index in [0.717, 1.165) is 10.9 Å². The van der Waals surface area contributed by atoms with E-state index in [1.807, 2.05) is 25.1 Å². The normalized spacial score (nSPS) is 16.9. The molecule has 19 heavy (non-hydrogen) atoms. The van der Waals surface area contributed by atoms with Gasteiger partial charge in [0.05, 0.1) is 5.56 Å². The molecule has 1 aliphatic rings. The maximum absolute atomic E-state index is 10.3. The summed E-state index contributed by atoms with van der Waals surface area (Å²) in [6.07, 6.45) is 0.0691. The van der Waals surface area contributed by atoms with Gasteiger partial charge in [-0.25, -0.2) is 0 Å². The number of hydrogen-bond donors (Lipinski definition) is 1. The third kappa shape index (κ3) is 1.71. The van der Waals surface area contributed by atoms with Gasteiger partial charge < -0.3 is 14.6 Å². The van der Waals surface area contributed by atoms with E-state index in [0.29, 0.717) is 29.7 Å². The minimum atomic E-state index is -0.421. The monoisotopic (exact) mass is 255 g/mol. The second kappa shape index (κ2) is 4.45. The molecule has 1 atom stereocenters. The summed E-state index contributed by atoms with van der Waals surface area (Å²) in [7, 11) is 0. The molecule has 0 bridgehead atoms. The summed E-state index contributed by atoms with van der Waals surface area (Å²) in [5.74, 6) is 0.473. The molecule has 0 saturated heterocycles. The van der Waals surface area contributed by atoms with Crippen molar-refractivity contribution < 1.29 is 14.6 Å². The van der Waals surface area contributed by atoms with Crippen LogP contribution in [0.2, 0.25) is 0 Å². The molecule has 0 fully saturated rings. The minimum absolute atomic E-state index is 0.0896. The second-order valence-corrected chi connectivity index (χ2v) is 4.40. The zero-order valence-electron chi connectivity index (χ0n) is 10.5. The third-order valence-corrected chi connectivity index (χ3v) is 3.33. The molecule has 0 amide bonds. The highest BCUT2D eigenvalue weighted by molar-refractivity contribution is 5.96. The quantitative estimate of drug-likeness (QED) is 0.896. The predicted molar refractivity (Wildman–Crippen MR) is 70.1 cm³/mol. The molecule has 1 unspecified atom stereocenters. The summed E-state index contributed by atoms with van der Waals surface area (Å²) in [6, 6.07) is 9.51. The first-order valence-corrected chi connectivity index (χ1v) is 6.21. The molecule has 2 aromatic carbocycles. The molecule has 2 aromatic rings. The molecule has 1 N–H and O–H groups in total. The van der Waals surface area contributed by atoms with Crippen molar-refractivity contribution in [3.05, 3.63) is 35.4 Å². The van der Waals surface area contributed by atoms with Gasteiger partial charge in [-0.3, -0.25) is 0 Å². The highest BCUT2D eigenvalue weighted by Crippen LogP contribution is 2.45. The van der Waals surface area contributed by atoms with Crippen LogP contribution in [-0.4, -0.2) is 18.0 Å². The number of ether oxygens (including phenoxy) is 2. The van der Waals surface area contributed by atoms with E-state index >= 15 is 0 Å². The Kier molecular flexibility index (Phi) is 2.77. The highest BCUT2D eigenvalue weighted by Gasteiger charge is 2.30. The van der Waals surface area contributed by atoms with Crippen molar-refractivity contribution in [2.75, 3.05) is 6.61 Å². The van der Waals surface area contributed by atoms with Crippen molar-refractivity contribution in [3.8, 4) is 17.6 Å². The lowest BCUT2D eigenvalue weighted by molar-refractivity contribution is -0.0609. The molecule has 0 spiro atoms. The van der Waals surface area contributed by atoms with Crippen molar-refractivity contribution in [2.45, 2.75) is 19.6 Å². The Morgan fingerprint density at radius 1 is 1.42 bits per heavy atom. The topological polar surface area (TPSA) is 62.5 Å². The fourth-order valence-electron chi connectivity index (χ4n) is 2.52. The smallest absolute Gasteiger partial charge is 0.204 e. The first-order chi connectivity index (χ1) is 9.26. The van der Waals surface area contributed by atoms with Gasteiger partial charge in [-0.15, -0.1) is 0 Å². The number of nitriles is 1. The zero-order valence-corrected chi connectivity index (χ0v) is 10.5. The molecule has 4 heteroatoms. The summed E-state index contributed by atoms with van der Waals surface area (Å²) < 4.78 is 11.0. The Bertz CT molecular complexity index is 688. The lowest BCUT2D eigenvalue weighted by Crippen LogP contribution is -2.17. The van der Waals surface area contributed by atoms with E-state index in [1.54, 1.807) is 6.07 Å². The van der Waals surface area contributed by atoms with Crippen molar-refractivity contribution in [3.63, 3.8) is 0 Å². The van der Waals surface area contributed by atoms with Gasteiger partial charge in [0.1, 0.15) is 6.07 Å². The molecule has 1 aliphatic heterocycles. The van der Waals surface area contributed by atoms with Crippen LogP contribution in [0.5, 0.6) is 11.5 Å². The molecule has 4 nitrogen and oxygen atoms in total. The van der Waals surface area contributed by atoms with Gasteiger partial charge in [0, 0.05) is 29.4 Å². The number of hydrogen-bond acceptors (Lipinski definition) is 4. The summed E-state index contributed by atoms with van der Waals surface area (Å²) in [4.78, 5) is 0. The zero-order chi connectivity index (χ0) is 13.4. The van der Waals surface area contributed by atoms with Crippen LogP contribution in [-0.2, 0) is 11.2 Å². The number of fused-ring (bicyclic) bond motifs is 2. The Hall–Kier alpha value is -2.25. The van der Waals surface area contributed by atoms with E-state index in [9.17, 15) is 10.4 Å². The number of benzene rings is 2. The lowest BCUT2D eigenvalue weighted by Gasteiger charge is -2.11. The highest BCUT2D eigenvalue weighted by atomic mass is 16.7. The summed E-state index contributed by atoms with van der Waals surface area (Å²) >= 11 is 0. The van der Waals surface area contributed by atoms with Crippen LogP contribution in [0.4, 0.5) is 0 Å². The van der Waals surface area contributed by atoms with Gasteiger partial charge in [0.25, 0.3) is 0 Å². The second-order valence-electron chi connectivity index (χ2n) is 4.40. The van der Waals surface area contributed by atoms with Crippen LogP contribution in [0.1, 0.15) is 18.1 Å². The van der Waals surface area contributed by atoms with E-state index in [2.05, 4.69) is 6.07 Å². The van der Waals surface area contributed by atoms with Gasteiger partial charge in [-0.1, -0.05) is 24.3 Å². The van der Waals surface area contributed by atoms with E-state index < -0.39 is 6.29 Å². The molecular formula is C15H13NO3. The first kappa shape index (κ1) is 11.8. The average Bonchev–Trinajstić information content (AvgIpc) is 2.84. The third-order valence-electron chi connectivity index (χ3n) is 3.33. The molecule has 0 aliphatic carbocycles. The van der Waals surface area contributed by atoms with Crippen LogP contribution in [0.25, 0.3) is 10.8 Å². The molecule has 96 valence electrons. The molecule has 0 aromatic heterocycles. The number of nitrogens with zero attached hydrogens (tertiary/aromatic N) is 1. The number of rotatable bonds is 2. The molecular weight excluding hydrogens is 242 g/mol. The van der Waals surface area contributed by atoms with E-state index in [-0.39, 0.29) is 5.75 Å². The maximum atomic E-state index is 10.3. The Labute approximate surface area is 110 Å². The van der Waals surface area contributed by atoms with Crippen LogP contribution >= 0.6 is 0 Å². The SMILES string of the molecule is CCOC1Cc2c(c(O)c3ccccc3c2C#N)O1. The van der Waals surface area contributed by atoms with Crippen LogP contribution < -0.4 is 4.74 Å². The minimum Gasteiger partial charge on any atom is -0.504 e. The summed E-state index contributed by atoms with van der Waals surface area (Å²) in [6.45, 7) is 2.41. The molecule has 3 rings (SSSR count). The molecule has 0 saturated carbocycles. The maximum Gasteiger partial charge on any atom is 0.204 e. The van der Waals surface area contributed by atoms with Gasteiger partial charge in [-0.05, 0) is 6.92 Å². The van der Waals surface area contributed by atoms with Crippen molar-refractivity contribution in [2.24, 2.45) is 0 Å². The number of aromatic hydroxyl groups is 1. The van der Waals surface area contributed by atoms with Gasteiger partial charge >= 0.3 is 0 Å². The summed E-state index contributed by atoms with van der Waals surface area (Å²) in [5.41, 5.74) is 1.29. The van der Waals surface area contributed by atoms with Gasteiger partial charge in [-0.2, -0.15) is 5.26 Å². The summed E-state index contributed by atoms with van der Waals surface area (Å²) in [5, 5.41) is 21.1. The predicted octanol–water partition coefficient (Wildman–Crippen LogP) is 2.71. The number of phenols is 1. The standard InChI is InChI=1S/C15H13NO3/c1-2-18-13-7-11-12(8-16)9-5-3-4-6-10(9)14(17)15(11)19-13/h3-6,13,17H,2,7H2,1H3. The van der Waals surface area contributed by atoms with Crippen LogP contribution in [0.3, 0.4) is 0 Å². The first-order valence-electron chi connectivity index (χ1n) is 6.21. The average molecular weight is 255 g/mol. The van der Waals surface area contributed by atoms with Crippen LogP contribution in [0.15, 0.2) is 24.3 Å². The van der Waals surface area contributed by atoms with Crippen molar-refractivity contribution >= 4 is 10.8 Å². The van der Waals surface area contributed by atoms with E-state index in [1.165, 1.54) is 0 Å². The molecule has 0 radical (unpaired) electrons. The van der Waals surface area contributed by atoms with Gasteiger partial charge in [0.2, 0.25) is 6.29 Å². The van der Waals surface area contributed by atoms with Crippen LogP contribution in [0, 0.1) is 11.3 Å². The lowest BCUT2D eigenvalue weighted by atomic mass is 9.97. The number of phenolic OH excluding ortho intramolecular Hbond substituents is 1.